The Morgan fingerprint density at radius 1 is 1.16 bits per heavy atom. The lowest BCUT2D eigenvalue weighted by atomic mass is 10.2. The highest BCUT2D eigenvalue weighted by molar-refractivity contribution is 5.97. The Morgan fingerprint density at radius 2 is 1.96 bits per heavy atom. The molecule has 1 aliphatic heterocycles. The van der Waals surface area contributed by atoms with E-state index < -0.39 is 11.9 Å². The fourth-order valence-electron chi connectivity index (χ4n) is 2.52. The van der Waals surface area contributed by atoms with Crippen LogP contribution in [0.5, 0.6) is 0 Å². The van der Waals surface area contributed by atoms with Crippen molar-refractivity contribution in [2.75, 3.05) is 29.4 Å². The van der Waals surface area contributed by atoms with Crippen molar-refractivity contribution in [3.05, 3.63) is 47.9 Å². The molecule has 1 saturated heterocycles. The van der Waals surface area contributed by atoms with Gasteiger partial charge in [0.05, 0.1) is 12.1 Å². The maximum Gasteiger partial charge on any atom is 0.433 e. The Labute approximate surface area is 141 Å². The smallest absolute Gasteiger partial charge is 0.345 e. The lowest BCUT2D eigenvalue weighted by Crippen LogP contribution is -2.51. The van der Waals surface area contributed by atoms with Gasteiger partial charge in [-0.2, -0.15) is 18.4 Å². The predicted octanol–water partition coefficient (Wildman–Crippen LogP) is 2.22. The van der Waals surface area contributed by atoms with Gasteiger partial charge in [0.15, 0.2) is 0 Å². The average Bonchev–Trinajstić information content (AvgIpc) is 2.61. The summed E-state index contributed by atoms with van der Waals surface area (Å²) in [4.78, 5) is 22.8. The molecular weight excluding hydrogens is 335 g/mol. The van der Waals surface area contributed by atoms with Crippen molar-refractivity contribution < 1.29 is 18.0 Å². The summed E-state index contributed by atoms with van der Waals surface area (Å²) >= 11 is 0. The van der Waals surface area contributed by atoms with E-state index in [0.717, 1.165) is 12.3 Å². The second-order valence-electron chi connectivity index (χ2n) is 5.38. The van der Waals surface area contributed by atoms with Gasteiger partial charge in [0.2, 0.25) is 5.91 Å². The van der Waals surface area contributed by atoms with Crippen molar-refractivity contribution in [1.82, 2.24) is 9.97 Å². The number of aromatic nitrogens is 2. The summed E-state index contributed by atoms with van der Waals surface area (Å²) in [5.74, 6) is 0.203. The van der Waals surface area contributed by atoms with Crippen LogP contribution in [0.3, 0.4) is 0 Å². The van der Waals surface area contributed by atoms with Gasteiger partial charge in [-0.15, -0.1) is 0 Å². The quantitative estimate of drug-likeness (QED) is 0.833. The normalized spacial score (nSPS) is 15.2. The average molecular weight is 347 g/mol. The van der Waals surface area contributed by atoms with Gasteiger partial charge in [-0.25, -0.2) is 4.98 Å². The standard InChI is InChI=1S/C16H12F3N5O/c17-16(18,19)13-7-12(3-4-21-13)24-6-5-23(10-15(24)25)14-2-1-11(8-20)9-22-14/h1-4,7,9H,5-6,10H2. The summed E-state index contributed by atoms with van der Waals surface area (Å²) in [7, 11) is 0. The Kier molecular flexibility index (Phi) is 4.27. The van der Waals surface area contributed by atoms with Crippen molar-refractivity contribution in [3.63, 3.8) is 0 Å². The number of nitrogens with zero attached hydrogens (tertiary/aromatic N) is 5. The van der Waals surface area contributed by atoms with Crippen LogP contribution < -0.4 is 9.80 Å². The highest BCUT2D eigenvalue weighted by Gasteiger charge is 2.34. The van der Waals surface area contributed by atoms with E-state index >= 15 is 0 Å². The SMILES string of the molecule is N#Cc1ccc(N2CCN(c3ccnc(C(F)(F)F)c3)C(=O)C2)nc1. The zero-order chi connectivity index (χ0) is 18.0. The summed E-state index contributed by atoms with van der Waals surface area (Å²) < 4.78 is 38.3. The monoisotopic (exact) mass is 347 g/mol. The van der Waals surface area contributed by atoms with Crippen molar-refractivity contribution in [2.45, 2.75) is 6.18 Å². The third kappa shape index (κ3) is 3.52. The van der Waals surface area contributed by atoms with Gasteiger partial charge in [-0.05, 0) is 24.3 Å². The number of halogens is 3. The van der Waals surface area contributed by atoms with Gasteiger partial charge in [-0.3, -0.25) is 9.78 Å². The molecule has 25 heavy (non-hydrogen) atoms. The van der Waals surface area contributed by atoms with Crippen molar-refractivity contribution in [3.8, 4) is 6.07 Å². The minimum Gasteiger partial charge on any atom is -0.345 e. The van der Waals surface area contributed by atoms with Crippen LogP contribution in [0.1, 0.15) is 11.3 Å². The number of hydrogen-bond donors (Lipinski definition) is 0. The second-order valence-corrected chi connectivity index (χ2v) is 5.38. The molecule has 0 saturated carbocycles. The molecule has 0 aliphatic carbocycles. The molecule has 1 aliphatic rings. The summed E-state index contributed by atoms with van der Waals surface area (Å²) in [6, 6.07) is 7.43. The molecule has 0 atom stereocenters. The molecule has 0 N–H and O–H groups in total. The van der Waals surface area contributed by atoms with Gasteiger partial charge in [-0.1, -0.05) is 0 Å². The molecule has 0 radical (unpaired) electrons. The topological polar surface area (TPSA) is 73.1 Å². The number of nitriles is 1. The van der Waals surface area contributed by atoms with Crippen LogP contribution in [0.25, 0.3) is 0 Å². The minimum absolute atomic E-state index is 0.0113. The number of piperazine rings is 1. The van der Waals surface area contributed by atoms with Gasteiger partial charge in [0.1, 0.15) is 17.6 Å². The van der Waals surface area contributed by atoms with Gasteiger partial charge in [0, 0.05) is 31.2 Å². The number of anilines is 2. The molecule has 0 unspecified atom stereocenters. The Hall–Kier alpha value is -3.15. The first-order valence-corrected chi connectivity index (χ1v) is 7.33. The van der Waals surface area contributed by atoms with Crippen molar-refractivity contribution >= 4 is 17.4 Å². The van der Waals surface area contributed by atoms with E-state index in [1.807, 2.05) is 6.07 Å². The maximum absolute atomic E-state index is 12.8. The molecule has 3 rings (SSSR count). The molecule has 2 aromatic heterocycles. The summed E-state index contributed by atoms with van der Waals surface area (Å²) in [5.41, 5.74) is -0.459. The molecule has 128 valence electrons. The van der Waals surface area contributed by atoms with E-state index in [0.29, 0.717) is 17.9 Å². The van der Waals surface area contributed by atoms with Crippen molar-refractivity contribution in [2.24, 2.45) is 0 Å². The Bertz CT molecular complexity index is 829. The number of rotatable bonds is 2. The number of pyridine rings is 2. The van der Waals surface area contributed by atoms with Crippen LogP contribution in [-0.4, -0.2) is 35.5 Å². The first kappa shape index (κ1) is 16.7. The maximum atomic E-state index is 12.8. The fraction of sp³-hybridized carbons (Fsp3) is 0.250. The second kappa shape index (κ2) is 6.39. The van der Waals surface area contributed by atoms with Crippen molar-refractivity contribution in [1.29, 1.82) is 5.26 Å². The third-order valence-electron chi connectivity index (χ3n) is 3.77. The van der Waals surface area contributed by atoms with E-state index in [4.69, 9.17) is 5.26 Å². The zero-order valence-electron chi connectivity index (χ0n) is 12.9. The molecule has 2 aromatic rings. The van der Waals surface area contributed by atoms with E-state index in [1.54, 1.807) is 17.0 Å². The number of hydrogen-bond acceptors (Lipinski definition) is 5. The number of carbonyl (C=O) groups is 1. The van der Waals surface area contributed by atoms with Crippen LogP contribution >= 0.6 is 0 Å². The molecule has 0 spiro atoms. The summed E-state index contributed by atoms with van der Waals surface area (Å²) in [5, 5.41) is 8.77. The van der Waals surface area contributed by atoms with E-state index in [1.165, 1.54) is 17.2 Å². The molecular formula is C16H12F3N5O. The predicted molar refractivity (Wildman–Crippen MR) is 82.8 cm³/mol. The molecule has 1 fully saturated rings. The summed E-state index contributed by atoms with van der Waals surface area (Å²) in [6.45, 7) is 0.624. The molecule has 1 amide bonds. The highest BCUT2D eigenvalue weighted by Crippen LogP contribution is 2.30. The highest BCUT2D eigenvalue weighted by atomic mass is 19.4. The number of carbonyl (C=O) groups excluding carboxylic acids is 1. The van der Waals surface area contributed by atoms with Gasteiger partial charge in [0.25, 0.3) is 0 Å². The Morgan fingerprint density at radius 3 is 2.56 bits per heavy atom. The minimum atomic E-state index is -4.56. The molecule has 6 nitrogen and oxygen atoms in total. The van der Waals surface area contributed by atoms with Gasteiger partial charge < -0.3 is 9.80 Å². The van der Waals surface area contributed by atoms with Crippen LogP contribution in [0.4, 0.5) is 24.7 Å². The molecule has 0 aromatic carbocycles. The largest absolute Gasteiger partial charge is 0.433 e. The molecule has 3 heterocycles. The van der Waals surface area contributed by atoms with E-state index in [-0.39, 0.29) is 24.7 Å². The van der Waals surface area contributed by atoms with Crippen LogP contribution in [-0.2, 0) is 11.0 Å². The molecule has 9 heteroatoms. The van der Waals surface area contributed by atoms with E-state index in [9.17, 15) is 18.0 Å². The van der Waals surface area contributed by atoms with E-state index in [2.05, 4.69) is 9.97 Å². The van der Waals surface area contributed by atoms with Crippen LogP contribution in [0.15, 0.2) is 36.7 Å². The zero-order valence-corrected chi connectivity index (χ0v) is 12.9. The third-order valence-corrected chi connectivity index (χ3v) is 3.77. The number of alkyl halides is 3. The summed E-state index contributed by atoms with van der Waals surface area (Å²) in [6.07, 6.45) is -2.11. The Balaban J connectivity index is 1.76. The fourth-order valence-corrected chi connectivity index (χ4v) is 2.52. The van der Waals surface area contributed by atoms with Crippen LogP contribution in [0.2, 0.25) is 0 Å². The lowest BCUT2D eigenvalue weighted by molar-refractivity contribution is -0.141. The first-order valence-electron chi connectivity index (χ1n) is 7.33. The van der Waals surface area contributed by atoms with Gasteiger partial charge >= 0.3 is 6.18 Å². The first-order chi connectivity index (χ1) is 11.9. The van der Waals surface area contributed by atoms with Crippen LogP contribution in [0, 0.1) is 11.3 Å². The lowest BCUT2D eigenvalue weighted by Gasteiger charge is -2.35. The molecule has 0 bridgehead atoms. The number of amides is 1.